The fourth-order valence-corrected chi connectivity index (χ4v) is 5.06. The van der Waals surface area contributed by atoms with Gasteiger partial charge in [-0.25, -0.2) is 4.98 Å². The van der Waals surface area contributed by atoms with Crippen LogP contribution in [-0.2, 0) is 11.3 Å². The zero-order valence-electron chi connectivity index (χ0n) is 14.9. The Morgan fingerprint density at radius 3 is 2.79 bits per heavy atom. The van der Waals surface area contributed by atoms with E-state index in [9.17, 15) is 9.59 Å². The van der Waals surface area contributed by atoms with Crippen molar-refractivity contribution in [1.82, 2.24) is 15.2 Å². The first-order chi connectivity index (χ1) is 13.6. The molecule has 3 aromatic heterocycles. The van der Waals surface area contributed by atoms with Crippen LogP contribution in [0, 0.1) is 5.92 Å². The van der Waals surface area contributed by atoms with Gasteiger partial charge in [0.05, 0.1) is 22.0 Å². The second-order valence-corrected chi connectivity index (χ2v) is 9.08. The highest BCUT2D eigenvalue weighted by Crippen LogP contribution is 2.33. The van der Waals surface area contributed by atoms with E-state index in [0.29, 0.717) is 42.5 Å². The number of thiophene rings is 1. The monoisotopic (exact) mass is 435 g/mol. The number of likely N-dealkylation sites (tertiary alicyclic amines) is 1. The number of hydrogen-bond donors (Lipinski definition) is 1. The lowest BCUT2D eigenvalue weighted by atomic mass is 9.95. The number of nitrogens with zero attached hydrogens (tertiary/aromatic N) is 2. The average Bonchev–Trinajstić information content (AvgIpc) is 3.47. The number of furan rings is 1. The van der Waals surface area contributed by atoms with Gasteiger partial charge in [-0.1, -0.05) is 11.6 Å². The molecule has 146 valence electrons. The maximum absolute atomic E-state index is 12.7. The molecule has 0 atom stereocenters. The Hall–Kier alpha value is -2.16. The fraction of sp³-hybridized carbons (Fsp3) is 0.316. The van der Waals surface area contributed by atoms with Crippen LogP contribution < -0.4 is 5.32 Å². The predicted molar refractivity (Wildman–Crippen MR) is 110 cm³/mol. The van der Waals surface area contributed by atoms with Crippen LogP contribution in [0.4, 0.5) is 0 Å². The largest absolute Gasteiger partial charge is 0.467 e. The number of thiazole rings is 1. The summed E-state index contributed by atoms with van der Waals surface area (Å²) in [5.41, 5.74) is 0.449. The second-order valence-electron chi connectivity index (χ2n) is 6.51. The van der Waals surface area contributed by atoms with Crippen LogP contribution in [0.5, 0.6) is 0 Å². The first kappa shape index (κ1) is 19.2. The van der Waals surface area contributed by atoms with E-state index < -0.39 is 0 Å². The number of piperidine rings is 1. The number of nitrogens with one attached hydrogen (secondary N) is 1. The molecule has 28 heavy (non-hydrogen) atoms. The van der Waals surface area contributed by atoms with Crippen LogP contribution in [0.3, 0.4) is 0 Å². The molecule has 1 saturated heterocycles. The van der Waals surface area contributed by atoms with E-state index in [0.717, 1.165) is 15.6 Å². The van der Waals surface area contributed by atoms with Crippen LogP contribution in [0.15, 0.2) is 40.3 Å². The molecule has 1 fully saturated rings. The number of halogens is 1. The van der Waals surface area contributed by atoms with E-state index in [1.54, 1.807) is 22.6 Å². The van der Waals surface area contributed by atoms with E-state index in [1.807, 2.05) is 18.2 Å². The minimum absolute atomic E-state index is 0.00835. The molecule has 1 aliphatic heterocycles. The first-order valence-corrected chi connectivity index (χ1v) is 11.0. The maximum Gasteiger partial charge on any atom is 0.273 e. The Bertz CT molecular complexity index is 959. The summed E-state index contributed by atoms with van der Waals surface area (Å²) in [7, 11) is 0. The van der Waals surface area contributed by atoms with Crippen molar-refractivity contribution < 1.29 is 14.0 Å². The van der Waals surface area contributed by atoms with Crippen LogP contribution in [0.1, 0.15) is 29.1 Å². The highest BCUT2D eigenvalue weighted by molar-refractivity contribution is 7.23. The Morgan fingerprint density at radius 1 is 1.29 bits per heavy atom. The van der Waals surface area contributed by atoms with Crippen molar-refractivity contribution in [3.8, 4) is 9.88 Å². The van der Waals surface area contributed by atoms with Gasteiger partial charge in [0, 0.05) is 24.4 Å². The van der Waals surface area contributed by atoms with Crippen LogP contribution >= 0.6 is 34.3 Å². The zero-order valence-corrected chi connectivity index (χ0v) is 17.3. The number of rotatable bonds is 5. The summed E-state index contributed by atoms with van der Waals surface area (Å²) in [6.45, 7) is 1.49. The lowest BCUT2D eigenvalue weighted by Gasteiger charge is -2.30. The molecule has 0 aliphatic carbocycles. The van der Waals surface area contributed by atoms with Gasteiger partial charge in [0.15, 0.2) is 0 Å². The molecule has 0 radical (unpaired) electrons. The van der Waals surface area contributed by atoms with Gasteiger partial charge in [-0.05, 0) is 37.1 Å². The Labute approximate surface area is 175 Å². The SMILES string of the molecule is O=C(NCc1ccco1)C1CCN(C(=O)c2csc(-c3ccc(Cl)s3)n2)CC1. The summed E-state index contributed by atoms with van der Waals surface area (Å²) in [6, 6.07) is 7.36. The molecular formula is C19H18ClN3O3S2. The molecule has 0 saturated carbocycles. The summed E-state index contributed by atoms with van der Waals surface area (Å²) in [5, 5.41) is 5.48. The summed E-state index contributed by atoms with van der Waals surface area (Å²) in [4.78, 5) is 32.3. The molecule has 2 amide bonds. The minimum Gasteiger partial charge on any atom is -0.467 e. The number of aromatic nitrogens is 1. The van der Waals surface area contributed by atoms with Gasteiger partial charge in [0.25, 0.3) is 5.91 Å². The number of carbonyl (C=O) groups excluding carboxylic acids is 2. The standard InChI is InChI=1S/C19H18ClN3O3S2/c20-16-4-3-15(28-16)18-22-14(11-27-18)19(25)23-7-5-12(6-8-23)17(24)21-10-13-2-1-9-26-13/h1-4,9,11-12H,5-8,10H2,(H,21,24). The number of amides is 2. The molecule has 1 N–H and O–H groups in total. The lowest BCUT2D eigenvalue weighted by Crippen LogP contribution is -2.43. The third-order valence-electron chi connectivity index (χ3n) is 4.68. The molecule has 4 heterocycles. The van der Waals surface area contributed by atoms with Gasteiger partial charge in [-0.3, -0.25) is 9.59 Å². The average molecular weight is 436 g/mol. The molecule has 0 bridgehead atoms. The molecule has 0 unspecified atom stereocenters. The lowest BCUT2D eigenvalue weighted by molar-refractivity contribution is -0.126. The molecule has 6 nitrogen and oxygen atoms in total. The number of carbonyl (C=O) groups is 2. The van der Waals surface area contributed by atoms with E-state index in [-0.39, 0.29) is 17.7 Å². The normalized spacial score (nSPS) is 15.0. The van der Waals surface area contributed by atoms with Crippen LogP contribution in [0.2, 0.25) is 4.34 Å². The van der Waals surface area contributed by atoms with Gasteiger partial charge in [-0.2, -0.15) is 0 Å². The summed E-state index contributed by atoms with van der Waals surface area (Å²) in [6.07, 6.45) is 2.88. The third-order valence-corrected chi connectivity index (χ3v) is 6.92. The molecular weight excluding hydrogens is 418 g/mol. The molecule has 3 aromatic rings. The van der Waals surface area contributed by atoms with Crippen molar-refractivity contribution in [1.29, 1.82) is 0 Å². The van der Waals surface area contributed by atoms with Crippen molar-refractivity contribution in [2.24, 2.45) is 5.92 Å². The van der Waals surface area contributed by atoms with Crippen molar-refractivity contribution in [3.05, 3.63) is 51.7 Å². The molecule has 0 aromatic carbocycles. The highest BCUT2D eigenvalue weighted by Gasteiger charge is 2.28. The fourth-order valence-electron chi connectivity index (χ4n) is 3.15. The van der Waals surface area contributed by atoms with Gasteiger partial charge in [-0.15, -0.1) is 22.7 Å². The van der Waals surface area contributed by atoms with Gasteiger partial charge in [0.1, 0.15) is 16.5 Å². The van der Waals surface area contributed by atoms with Crippen LogP contribution in [-0.4, -0.2) is 34.8 Å². The quantitative estimate of drug-likeness (QED) is 0.648. The van der Waals surface area contributed by atoms with Crippen molar-refractivity contribution >= 4 is 46.1 Å². The molecule has 1 aliphatic rings. The minimum atomic E-state index is -0.0849. The second kappa shape index (κ2) is 8.46. The summed E-state index contributed by atoms with van der Waals surface area (Å²) < 4.78 is 5.92. The maximum atomic E-state index is 12.7. The first-order valence-electron chi connectivity index (χ1n) is 8.91. The summed E-state index contributed by atoms with van der Waals surface area (Å²) >= 11 is 8.86. The molecule has 0 spiro atoms. The topological polar surface area (TPSA) is 75.4 Å². The van der Waals surface area contributed by atoms with Gasteiger partial charge in [0.2, 0.25) is 5.91 Å². The van der Waals surface area contributed by atoms with E-state index in [1.165, 1.54) is 22.7 Å². The Morgan fingerprint density at radius 2 is 2.11 bits per heavy atom. The van der Waals surface area contributed by atoms with E-state index >= 15 is 0 Å². The number of hydrogen-bond acceptors (Lipinski definition) is 6. The van der Waals surface area contributed by atoms with Crippen molar-refractivity contribution in [2.75, 3.05) is 13.1 Å². The van der Waals surface area contributed by atoms with Crippen molar-refractivity contribution in [3.63, 3.8) is 0 Å². The van der Waals surface area contributed by atoms with Gasteiger partial charge >= 0.3 is 0 Å². The smallest absolute Gasteiger partial charge is 0.273 e. The Balaban J connectivity index is 1.30. The van der Waals surface area contributed by atoms with E-state index in [4.69, 9.17) is 16.0 Å². The van der Waals surface area contributed by atoms with E-state index in [2.05, 4.69) is 10.3 Å². The van der Waals surface area contributed by atoms with Gasteiger partial charge < -0.3 is 14.6 Å². The van der Waals surface area contributed by atoms with Crippen LogP contribution in [0.25, 0.3) is 9.88 Å². The summed E-state index contributed by atoms with van der Waals surface area (Å²) in [5.74, 6) is 0.569. The Kier molecular flexibility index (Phi) is 5.79. The zero-order chi connectivity index (χ0) is 19.5. The molecule has 4 rings (SSSR count). The predicted octanol–water partition coefficient (Wildman–Crippen LogP) is 4.29. The van der Waals surface area contributed by atoms with Crippen molar-refractivity contribution in [2.45, 2.75) is 19.4 Å². The third kappa shape index (κ3) is 4.29. The highest BCUT2D eigenvalue weighted by atomic mass is 35.5. The molecule has 9 heteroatoms.